The normalized spacial score (nSPS) is 11.9. The maximum Gasteiger partial charge on any atom is 0.349 e. The summed E-state index contributed by atoms with van der Waals surface area (Å²) in [5.74, 6) is -1.26. The minimum atomic E-state index is -1.16. The Morgan fingerprint density at radius 2 is 1.68 bits per heavy atom. The molecule has 2 aromatic rings. The van der Waals surface area contributed by atoms with Crippen LogP contribution in [0.1, 0.15) is 11.7 Å². The first-order valence-electron chi connectivity index (χ1n) is 5.47. The first-order chi connectivity index (χ1) is 9.06. The zero-order chi connectivity index (χ0) is 13.8. The number of rotatable bonds is 4. The van der Waals surface area contributed by atoms with Gasteiger partial charge in [-0.05, 0) is 36.4 Å². The third-order valence-electron chi connectivity index (χ3n) is 2.46. The predicted octanol–water partition coefficient (Wildman–Crippen LogP) is 3.68. The number of halogens is 2. The molecule has 0 heterocycles. The van der Waals surface area contributed by atoms with E-state index in [1.807, 2.05) is 0 Å². The molecule has 0 radical (unpaired) electrons. The summed E-state index contributed by atoms with van der Waals surface area (Å²) in [5.41, 5.74) is 0.459. The van der Waals surface area contributed by atoms with Crippen molar-refractivity contribution in [3.8, 4) is 5.75 Å². The van der Waals surface area contributed by atoms with E-state index in [0.29, 0.717) is 10.6 Å². The summed E-state index contributed by atoms with van der Waals surface area (Å²) in [6.07, 6.45) is -1.16. The molecule has 0 aliphatic rings. The first kappa shape index (κ1) is 13.4. The summed E-state index contributed by atoms with van der Waals surface area (Å²) in [7, 11) is 0. The number of carboxylic acids is 1. The lowest BCUT2D eigenvalue weighted by Crippen LogP contribution is -2.18. The lowest BCUT2D eigenvalue weighted by atomic mass is 10.1. The fourth-order valence-corrected chi connectivity index (χ4v) is 1.67. The van der Waals surface area contributed by atoms with Crippen LogP contribution >= 0.6 is 11.6 Å². The number of aliphatic carboxylic acids is 1. The molecule has 5 heteroatoms. The summed E-state index contributed by atoms with van der Waals surface area (Å²) in [5, 5.41) is 9.69. The lowest BCUT2D eigenvalue weighted by Gasteiger charge is -2.15. The molecule has 0 spiro atoms. The molecule has 1 atom stereocenters. The maximum atomic E-state index is 12.8. The number of benzene rings is 2. The third-order valence-corrected chi connectivity index (χ3v) is 2.72. The zero-order valence-corrected chi connectivity index (χ0v) is 10.5. The van der Waals surface area contributed by atoms with Gasteiger partial charge >= 0.3 is 5.97 Å². The average molecular weight is 281 g/mol. The van der Waals surface area contributed by atoms with Crippen molar-refractivity contribution in [2.24, 2.45) is 0 Å². The molecule has 2 aromatic carbocycles. The van der Waals surface area contributed by atoms with Gasteiger partial charge in [0.15, 0.2) is 0 Å². The quantitative estimate of drug-likeness (QED) is 0.929. The minimum Gasteiger partial charge on any atom is -0.478 e. The highest BCUT2D eigenvalue weighted by Crippen LogP contribution is 2.23. The first-order valence-corrected chi connectivity index (χ1v) is 5.84. The lowest BCUT2D eigenvalue weighted by molar-refractivity contribution is -0.145. The number of ether oxygens (including phenoxy) is 1. The number of carbonyl (C=O) groups is 1. The number of hydrogen-bond acceptors (Lipinski definition) is 2. The Labute approximate surface area is 114 Å². The van der Waals surface area contributed by atoms with Crippen molar-refractivity contribution >= 4 is 17.6 Å². The summed E-state index contributed by atoms with van der Waals surface area (Å²) >= 11 is 5.74. The SMILES string of the molecule is O=C(O)[C@H](Oc1ccc(F)cc1)c1ccc(Cl)cc1. The van der Waals surface area contributed by atoms with E-state index in [4.69, 9.17) is 16.3 Å². The van der Waals surface area contributed by atoms with Gasteiger partial charge in [-0.3, -0.25) is 0 Å². The Morgan fingerprint density at radius 3 is 2.21 bits per heavy atom. The van der Waals surface area contributed by atoms with Crippen molar-refractivity contribution in [2.45, 2.75) is 6.10 Å². The van der Waals surface area contributed by atoms with Gasteiger partial charge in [-0.2, -0.15) is 0 Å². The standard InChI is InChI=1S/C14H10ClFO3/c15-10-3-1-9(2-4-10)13(14(17)18)19-12-7-5-11(16)6-8-12/h1-8,13H,(H,17,18)/t13-/m1/s1. The molecular weight excluding hydrogens is 271 g/mol. The molecule has 1 N–H and O–H groups in total. The van der Waals surface area contributed by atoms with Gasteiger partial charge in [0.25, 0.3) is 0 Å². The van der Waals surface area contributed by atoms with Gasteiger partial charge < -0.3 is 9.84 Å². The molecule has 0 saturated heterocycles. The fourth-order valence-electron chi connectivity index (χ4n) is 1.55. The predicted molar refractivity (Wildman–Crippen MR) is 68.9 cm³/mol. The van der Waals surface area contributed by atoms with Crippen molar-refractivity contribution in [2.75, 3.05) is 0 Å². The molecular formula is C14H10ClFO3. The monoisotopic (exact) mass is 280 g/mol. The number of carboxylic acid groups (broad SMARTS) is 1. The Balaban J connectivity index is 2.23. The van der Waals surface area contributed by atoms with E-state index in [1.165, 1.54) is 24.3 Å². The average Bonchev–Trinajstić information content (AvgIpc) is 2.39. The van der Waals surface area contributed by atoms with E-state index >= 15 is 0 Å². The van der Waals surface area contributed by atoms with E-state index < -0.39 is 17.9 Å². The van der Waals surface area contributed by atoms with Crippen LogP contribution in [0.5, 0.6) is 5.75 Å². The molecule has 0 amide bonds. The van der Waals surface area contributed by atoms with Crippen LogP contribution in [0.3, 0.4) is 0 Å². The van der Waals surface area contributed by atoms with Crippen molar-refractivity contribution < 1.29 is 19.0 Å². The van der Waals surface area contributed by atoms with E-state index in [0.717, 1.165) is 0 Å². The molecule has 2 rings (SSSR count). The van der Waals surface area contributed by atoms with E-state index in [9.17, 15) is 14.3 Å². The Morgan fingerprint density at radius 1 is 1.11 bits per heavy atom. The molecule has 19 heavy (non-hydrogen) atoms. The highest BCUT2D eigenvalue weighted by Gasteiger charge is 2.21. The van der Waals surface area contributed by atoms with Gasteiger partial charge in [-0.25, -0.2) is 9.18 Å². The van der Waals surface area contributed by atoms with Crippen LogP contribution in [-0.4, -0.2) is 11.1 Å². The second-order valence-corrected chi connectivity index (χ2v) is 4.28. The second-order valence-electron chi connectivity index (χ2n) is 3.84. The second kappa shape index (κ2) is 5.71. The summed E-state index contributed by atoms with van der Waals surface area (Å²) in [6.45, 7) is 0. The van der Waals surface area contributed by atoms with Crippen LogP contribution in [0.4, 0.5) is 4.39 Å². The topological polar surface area (TPSA) is 46.5 Å². The van der Waals surface area contributed by atoms with Crippen LogP contribution < -0.4 is 4.74 Å². The van der Waals surface area contributed by atoms with E-state index in [2.05, 4.69) is 0 Å². The highest BCUT2D eigenvalue weighted by molar-refractivity contribution is 6.30. The van der Waals surface area contributed by atoms with Gasteiger partial charge in [0, 0.05) is 10.6 Å². The molecule has 0 aliphatic carbocycles. The fraction of sp³-hybridized carbons (Fsp3) is 0.0714. The van der Waals surface area contributed by atoms with Crippen molar-refractivity contribution in [3.05, 3.63) is 64.9 Å². The van der Waals surface area contributed by atoms with Gasteiger partial charge in [0.2, 0.25) is 6.10 Å². The Bertz CT molecular complexity index is 566. The van der Waals surface area contributed by atoms with Crippen molar-refractivity contribution in [1.82, 2.24) is 0 Å². The largest absolute Gasteiger partial charge is 0.478 e. The third kappa shape index (κ3) is 3.45. The molecule has 98 valence electrons. The zero-order valence-electron chi connectivity index (χ0n) is 9.72. The summed E-state index contributed by atoms with van der Waals surface area (Å²) in [6, 6.07) is 11.5. The van der Waals surface area contributed by atoms with Crippen LogP contribution in [0, 0.1) is 5.82 Å². The molecule has 0 saturated carbocycles. The van der Waals surface area contributed by atoms with Gasteiger partial charge in [0.05, 0.1) is 0 Å². The van der Waals surface area contributed by atoms with Crippen LogP contribution in [0.25, 0.3) is 0 Å². The summed E-state index contributed by atoms with van der Waals surface area (Å²) in [4.78, 5) is 11.2. The van der Waals surface area contributed by atoms with Gasteiger partial charge in [-0.1, -0.05) is 23.7 Å². The smallest absolute Gasteiger partial charge is 0.349 e. The Kier molecular flexibility index (Phi) is 4.02. The molecule has 0 bridgehead atoms. The Hall–Kier alpha value is -2.07. The van der Waals surface area contributed by atoms with Crippen LogP contribution in [0.2, 0.25) is 5.02 Å². The molecule has 0 unspecified atom stereocenters. The number of hydrogen-bond donors (Lipinski definition) is 1. The van der Waals surface area contributed by atoms with Crippen molar-refractivity contribution in [1.29, 1.82) is 0 Å². The van der Waals surface area contributed by atoms with Crippen LogP contribution in [0.15, 0.2) is 48.5 Å². The van der Waals surface area contributed by atoms with Gasteiger partial charge in [-0.15, -0.1) is 0 Å². The molecule has 0 fully saturated rings. The molecule has 0 aliphatic heterocycles. The minimum absolute atomic E-state index is 0.281. The van der Waals surface area contributed by atoms with E-state index in [1.54, 1.807) is 24.3 Å². The highest BCUT2D eigenvalue weighted by atomic mass is 35.5. The van der Waals surface area contributed by atoms with Gasteiger partial charge in [0.1, 0.15) is 11.6 Å². The maximum absolute atomic E-state index is 12.8. The van der Waals surface area contributed by atoms with Crippen molar-refractivity contribution in [3.63, 3.8) is 0 Å². The molecule has 0 aromatic heterocycles. The summed E-state index contributed by atoms with van der Waals surface area (Å²) < 4.78 is 18.1. The molecule has 3 nitrogen and oxygen atoms in total. The van der Waals surface area contributed by atoms with E-state index in [-0.39, 0.29) is 5.75 Å². The van der Waals surface area contributed by atoms with Crippen LogP contribution in [-0.2, 0) is 4.79 Å².